The number of hydrogen-bond donors (Lipinski definition) is 1. The van der Waals surface area contributed by atoms with Crippen molar-refractivity contribution < 1.29 is 0 Å². The molecule has 0 rings (SSSR count). The van der Waals surface area contributed by atoms with E-state index in [0.717, 1.165) is 0 Å². The lowest BCUT2D eigenvalue weighted by Gasteiger charge is -2.31. The first-order chi connectivity index (χ1) is 4.46. The van der Waals surface area contributed by atoms with Gasteiger partial charge in [-0.05, 0) is 34.6 Å². The molecule has 0 atom stereocenters. The van der Waals surface area contributed by atoms with Crippen molar-refractivity contribution in [2.24, 2.45) is 0 Å². The predicted octanol–water partition coefficient (Wildman–Crippen LogP) is 2.10. The monoisotopic (exact) mass is 142 g/mol. The number of nitrogens with one attached hydrogen (secondary N) is 1. The van der Waals surface area contributed by atoms with Gasteiger partial charge in [0.1, 0.15) is 0 Å². The number of nitrogens with zero attached hydrogens (tertiary/aromatic N) is 1. The summed E-state index contributed by atoms with van der Waals surface area (Å²) in [5.74, 6) is 0.657. The van der Waals surface area contributed by atoms with E-state index in [4.69, 9.17) is 5.41 Å². The SMILES string of the molecule is CC(=N)N(C(C)C)C(C)C. The highest BCUT2D eigenvalue weighted by molar-refractivity contribution is 5.76. The third-order valence-corrected chi connectivity index (χ3v) is 1.50. The van der Waals surface area contributed by atoms with Gasteiger partial charge in [-0.15, -0.1) is 0 Å². The largest absolute Gasteiger partial charge is 0.356 e. The van der Waals surface area contributed by atoms with Gasteiger partial charge < -0.3 is 4.90 Å². The molecule has 0 saturated heterocycles. The molecule has 0 aliphatic rings. The molecule has 2 heteroatoms. The number of amidine groups is 1. The van der Waals surface area contributed by atoms with E-state index >= 15 is 0 Å². The molecule has 10 heavy (non-hydrogen) atoms. The minimum absolute atomic E-state index is 0.442. The predicted molar refractivity (Wildman–Crippen MR) is 45.5 cm³/mol. The van der Waals surface area contributed by atoms with E-state index in [-0.39, 0.29) is 0 Å². The molecular formula is C8H18N2. The van der Waals surface area contributed by atoms with Gasteiger partial charge in [-0.25, -0.2) is 0 Å². The van der Waals surface area contributed by atoms with Crippen LogP contribution in [-0.2, 0) is 0 Å². The van der Waals surface area contributed by atoms with Crippen molar-refractivity contribution in [2.75, 3.05) is 0 Å². The zero-order chi connectivity index (χ0) is 8.31. The van der Waals surface area contributed by atoms with E-state index in [0.29, 0.717) is 17.9 Å². The van der Waals surface area contributed by atoms with Crippen LogP contribution < -0.4 is 0 Å². The molecule has 0 heterocycles. The Morgan fingerprint density at radius 1 is 1.10 bits per heavy atom. The van der Waals surface area contributed by atoms with Crippen LogP contribution in [0.1, 0.15) is 34.6 Å². The highest BCUT2D eigenvalue weighted by atomic mass is 15.2. The summed E-state index contributed by atoms with van der Waals surface area (Å²) >= 11 is 0. The van der Waals surface area contributed by atoms with Crippen LogP contribution in [-0.4, -0.2) is 22.8 Å². The van der Waals surface area contributed by atoms with Crippen molar-refractivity contribution in [3.8, 4) is 0 Å². The Morgan fingerprint density at radius 2 is 1.40 bits per heavy atom. The van der Waals surface area contributed by atoms with Crippen LogP contribution >= 0.6 is 0 Å². The van der Waals surface area contributed by atoms with Gasteiger partial charge in [-0.1, -0.05) is 0 Å². The molecule has 0 unspecified atom stereocenters. The quantitative estimate of drug-likeness (QED) is 0.464. The van der Waals surface area contributed by atoms with Gasteiger partial charge in [0.15, 0.2) is 0 Å². The van der Waals surface area contributed by atoms with Gasteiger partial charge in [-0.2, -0.15) is 0 Å². The summed E-state index contributed by atoms with van der Waals surface area (Å²) in [5, 5.41) is 7.44. The number of rotatable bonds is 2. The van der Waals surface area contributed by atoms with E-state index in [9.17, 15) is 0 Å². The molecule has 0 saturated carbocycles. The summed E-state index contributed by atoms with van der Waals surface area (Å²) < 4.78 is 0. The molecule has 0 aromatic rings. The first kappa shape index (κ1) is 9.47. The summed E-state index contributed by atoms with van der Waals surface area (Å²) in [6, 6.07) is 0.884. The summed E-state index contributed by atoms with van der Waals surface area (Å²) in [7, 11) is 0. The first-order valence-electron chi connectivity index (χ1n) is 3.80. The van der Waals surface area contributed by atoms with Crippen molar-refractivity contribution in [2.45, 2.75) is 46.7 Å². The molecule has 0 aromatic carbocycles. The Bertz CT molecular complexity index is 108. The van der Waals surface area contributed by atoms with E-state index < -0.39 is 0 Å². The normalized spacial score (nSPS) is 10.7. The van der Waals surface area contributed by atoms with Crippen molar-refractivity contribution in [3.63, 3.8) is 0 Å². The van der Waals surface area contributed by atoms with Crippen molar-refractivity contribution in [1.82, 2.24) is 4.90 Å². The second-order valence-electron chi connectivity index (χ2n) is 3.18. The fourth-order valence-electron chi connectivity index (χ4n) is 1.37. The van der Waals surface area contributed by atoms with Crippen LogP contribution in [0.2, 0.25) is 0 Å². The maximum Gasteiger partial charge on any atom is 0.0930 e. The molecular weight excluding hydrogens is 124 g/mol. The average Bonchev–Trinajstić information content (AvgIpc) is 1.59. The molecule has 0 aromatic heterocycles. The zero-order valence-corrected chi connectivity index (χ0v) is 7.60. The van der Waals surface area contributed by atoms with Crippen LogP contribution in [0.5, 0.6) is 0 Å². The standard InChI is InChI=1S/C8H18N2/c1-6(2)10(7(3)4)8(5)9/h6-7,9H,1-5H3. The van der Waals surface area contributed by atoms with Crippen LogP contribution in [0.25, 0.3) is 0 Å². The lowest BCUT2D eigenvalue weighted by Crippen LogP contribution is -2.40. The van der Waals surface area contributed by atoms with E-state index in [1.165, 1.54) is 0 Å². The molecule has 2 nitrogen and oxygen atoms in total. The first-order valence-corrected chi connectivity index (χ1v) is 3.80. The van der Waals surface area contributed by atoms with Crippen LogP contribution in [0, 0.1) is 5.41 Å². The van der Waals surface area contributed by atoms with Crippen molar-refractivity contribution >= 4 is 5.84 Å². The summed E-state index contributed by atoms with van der Waals surface area (Å²) in [5.41, 5.74) is 0. The highest BCUT2D eigenvalue weighted by Gasteiger charge is 2.12. The van der Waals surface area contributed by atoms with E-state index in [1.807, 2.05) is 6.92 Å². The van der Waals surface area contributed by atoms with Crippen molar-refractivity contribution in [3.05, 3.63) is 0 Å². The molecule has 0 bridgehead atoms. The Labute approximate surface area is 63.7 Å². The Morgan fingerprint density at radius 3 is 1.40 bits per heavy atom. The van der Waals surface area contributed by atoms with Crippen LogP contribution in [0.4, 0.5) is 0 Å². The van der Waals surface area contributed by atoms with Gasteiger partial charge in [-0.3, -0.25) is 5.41 Å². The second kappa shape index (κ2) is 3.59. The molecule has 60 valence electrons. The Hall–Kier alpha value is -0.530. The minimum atomic E-state index is 0.442. The van der Waals surface area contributed by atoms with E-state index in [1.54, 1.807) is 0 Å². The Kier molecular flexibility index (Phi) is 3.40. The molecule has 0 fully saturated rings. The second-order valence-corrected chi connectivity index (χ2v) is 3.18. The topological polar surface area (TPSA) is 27.1 Å². The fourth-order valence-corrected chi connectivity index (χ4v) is 1.37. The third-order valence-electron chi connectivity index (χ3n) is 1.50. The Balaban J connectivity index is 4.12. The summed E-state index contributed by atoms with van der Waals surface area (Å²) in [6.45, 7) is 10.3. The molecule has 0 spiro atoms. The number of hydrogen-bond acceptors (Lipinski definition) is 1. The smallest absolute Gasteiger partial charge is 0.0930 e. The highest BCUT2D eigenvalue weighted by Crippen LogP contribution is 2.04. The van der Waals surface area contributed by atoms with Crippen molar-refractivity contribution in [1.29, 1.82) is 5.41 Å². The molecule has 1 N–H and O–H groups in total. The van der Waals surface area contributed by atoms with Crippen LogP contribution in [0.3, 0.4) is 0 Å². The maximum absolute atomic E-state index is 7.44. The van der Waals surface area contributed by atoms with Gasteiger partial charge >= 0.3 is 0 Å². The summed E-state index contributed by atoms with van der Waals surface area (Å²) in [6.07, 6.45) is 0. The lowest BCUT2D eigenvalue weighted by atomic mass is 10.2. The summed E-state index contributed by atoms with van der Waals surface area (Å²) in [4.78, 5) is 2.08. The van der Waals surface area contributed by atoms with Gasteiger partial charge in [0, 0.05) is 12.1 Å². The van der Waals surface area contributed by atoms with Gasteiger partial charge in [0.2, 0.25) is 0 Å². The van der Waals surface area contributed by atoms with Gasteiger partial charge in [0.25, 0.3) is 0 Å². The fraction of sp³-hybridized carbons (Fsp3) is 0.875. The van der Waals surface area contributed by atoms with Crippen LogP contribution in [0.15, 0.2) is 0 Å². The zero-order valence-electron chi connectivity index (χ0n) is 7.60. The van der Waals surface area contributed by atoms with E-state index in [2.05, 4.69) is 32.6 Å². The molecule has 0 aliphatic heterocycles. The van der Waals surface area contributed by atoms with Gasteiger partial charge in [0.05, 0.1) is 5.84 Å². The third kappa shape index (κ3) is 2.38. The minimum Gasteiger partial charge on any atom is -0.356 e. The maximum atomic E-state index is 7.44. The average molecular weight is 142 g/mol. The lowest BCUT2D eigenvalue weighted by molar-refractivity contribution is 0.288. The molecule has 0 amide bonds. The molecule has 0 radical (unpaired) electrons. The molecule has 0 aliphatic carbocycles.